The smallest absolute Gasteiger partial charge is 0.317 e. The minimum atomic E-state index is -0.832. The number of aryl methyl sites for hydroxylation is 1. The molecular formula is C15H20N4O2. The monoisotopic (exact) mass is 288 g/mol. The number of anilines is 1. The van der Waals surface area contributed by atoms with E-state index in [9.17, 15) is 4.79 Å². The average Bonchev–Trinajstić information content (AvgIpc) is 2.46. The summed E-state index contributed by atoms with van der Waals surface area (Å²) < 4.78 is 0. The zero-order valence-corrected chi connectivity index (χ0v) is 12.2. The summed E-state index contributed by atoms with van der Waals surface area (Å²) in [5.41, 5.74) is 1.47. The van der Waals surface area contributed by atoms with E-state index in [1.165, 1.54) is 0 Å². The summed E-state index contributed by atoms with van der Waals surface area (Å²) >= 11 is 0. The van der Waals surface area contributed by atoms with Crippen molar-refractivity contribution in [2.75, 3.05) is 31.1 Å². The first-order chi connectivity index (χ1) is 10.1. The Hall–Kier alpha value is -2.13. The maximum absolute atomic E-state index is 10.5. The largest absolute Gasteiger partial charge is 0.480 e. The van der Waals surface area contributed by atoms with Gasteiger partial charge in [0.25, 0.3) is 0 Å². The Labute approximate surface area is 124 Å². The molecule has 2 rings (SSSR count). The molecule has 0 amide bonds. The lowest BCUT2D eigenvalue weighted by molar-refractivity contribution is -0.136. The Morgan fingerprint density at radius 2 is 2.43 bits per heavy atom. The maximum Gasteiger partial charge on any atom is 0.317 e. The van der Waals surface area contributed by atoms with E-state index in [2.05, 4.69) is 21.3 Å². The molecule has 0 spiro atoms. The van der Waals surface area contributed by atoms with Gasteiger partial charge in [0, 0.05) is 25.3 Å². The van der Waals surface area contributed by atoms with Gasteiger partial charge in [-0.05, 0) is 37.8 Å². The number of hydrogen-bond acceptors (Lipinski definition) is 5. The SMILES string of the molecule is Cc1cc(C#N)cc(N2CCCC(CNCC(=O)O)C2)n1. The summed E-state index contributed by atoms with van der Waals surface area (Å²) in [5.74, 6) is 0.419. The van der Waals surface area contributed by atoms with Crippen molar-refractivity contribution in [2.45, 2.75) is 19.8 Å². The first-order valence-corrected chi connectivity index (χ1v) is 7.14. The molecule has 1 atom stereocenters. The highest BCUT2D eigenvalue weighted by Crippen LogP contribution is 2.22. The molecule has 1 aromatic heterocycles. The summed E-state index contributed by atoms with van der Waals surface area (Å²) in [6.07, 6.45) is 2.14. The second-order valence-corrected chi connectivity index (χ2v) is 5.45. The fourth-order valence-corrected chi connectivity index (χ4v) is 2.70. The molecule has 0 radical (unpaired) electrons. The first kappa shape index (κ1) is 15.3. The van der Waals surface area contributed by atoms with Crippen LogP contribution in [0.3, 0.4) is 0 Å². The molecule has 1 aliphatic heterocycles. The lowest BCUT2D eigenvalue weighted by atomic mass is 9.98. The van der Waals surface area contributed by atoms with E-state index in [-0.39, 0.29) is 6.54 Å². The number of aromatic nitrogens is 1. The van der Waals surface area contributed by atoms with Crippen LogP contribution in [0.25, 0.3) is 0 Å². The summed E-state index contributed by atoms with van der Waals surface area (Å²) in [6.45, 7) is 4.35. The number of carbonyl (C=O) groups is 1. The van der Waals surface area contributed by atoms with Gasteiger partial charge in [-0.1, -0.05) is 0 Å². The van der Waals surface area contributed by atoms with Crippen LogP contribution in [0.4, 0.5) is 5.82 Å². The Morgan fingerprint density at radius 1 is 1.62 bits per heavy atom. The van der Waals surface area contributed by atoms with Crippen molar-refractivity contribution in [3.05, 3.63) is 23.4 Å². The predicted octanol–water partition coefficient (Wildman–Crippen LogP) is 1.15. The Balaban J connectivity index is 1.99. The van der Waals surface area contributed by atoms with Crippen LogP contribution in [-0.4, -0.2) is 42.2 Å². The van der Waals surface area contributed by atoms with E-state index in [0.29, 0.717) is 18.0 Å². The Kier molecular flexibility index (Phi) is 5.12. The van der Waals surface area contributed by atoms with Crippen molar-refractivity contribution in [1.82, 2.24) is 10.3 Å². The molecular weight excluding hydrogens is 268 g/mol. The summed E-state index contributed by atoms with van der Waals surface area (Å²) in [7, 11) is 0. The molecule has 21 heavy (non-hydrogen) atoms. The Morgan fingerprint density at radius 3 is 3.14 bits per heavy atom. The van der Waals surface area contributed by atoms with Gasteiger partial charge in [-0.3, -0.25) is 4.79 Å². The first-order valence-electron chi connectivity index (χ1n) is 7.14. The molecule has 2 heterocycles. The van der Waals surface area contributed by atoms with Crippen molar-refractivity contribution in [2.24, 2.45) is 5.92 Å². The second-order valence-electron chi connectivity index (χ2n) is 5.45. The van der Waals surface area contributed by atoms with E-state index in [0.717, 1.165) is 37.4 Å². The molecule has 1 fully saturated rings. The highest BCUT2D eigenvalue weighted by atomic mass is 16.4. The number of nitriles is 1. The molecule has 0 aromatic carbocycles. The Bertz CT molecular complexity index is 553. The highest BCUT2D eigenvalue weighted by molar-refractivity contribution is 5.68. The minimum Gasteiger partial charge on any atom is -0.480 e. The predicted molar refractivity (Wildman–Crippen MR) is 79.1 cm³/mol. The number of rotatable bonds is 5. The van der Waals surface area contributed by atoms with Crippen LogP contribution >= 0.6 is 0 Å². The molecule has 0 bridgehead atoms. The van der Waals surface area contributed by atoms with Crippen molar-refractivity contribution in [3.63, 3.8) is 0 Å². The fraction of sp³-hybridized carbons (Fsp3) is 0.533. The van der Waals surface area contributed by atoms with Crippen LogP contribution in [0, 0.1) is 24.2 Å². The summed E-state index contributed by atoms with van der Waals surface area (Å²) in [6, 6.07) is 5.76. The number of aliphatic carboxylic acids is 1. The van der Waals surface area contributed by atoms with Gasteiger partial charge in [-0.15, -0.1) is 0 Å². The van der Waals surface area contributed by atoms with E-state index in [1.807, 2.05) is 13.0 Å². The second kappa shape index (κ2) is 7.04. The number of carboxylic acid groups (broad SMARTS) is 1. The molecule has 2 N–H and O–H groups in total. The van der Waals surface area contributed by atoms with Crippen LogP contribution in [0.1, 0.15) is 24.1 Å². The van der Waals surface area contributed by atoms with E-state index < -0.39 is 5.97 Å². The molecule has 112 valence electrons. The van der Waals surface area contributed by atoms with Gasteiger partial charge < -0.3 is 15.3 Å². The maximum atomic E-state index is 10.5. The summed E-state index contributed by atoms with van der Waals surface area (Å²) in [5, 5.41) is 20.7. The average molecular weight is 288 g/mol. The molecule has 1 aromatic rings. The number of carboxylic acids is 1. The minimum absolute atomic E-state index is 0.00221. The van der Waals surface area contributed by atoms with Crippen molar-refractivity contribution >= 4 is 11.8 Å². The van der Waals surface area contributed by atoms with Crippen LogP contribution in [0.15, 0.2) is 12.1 Å². The lowest BCUT2D eigenvalue weighted by Gasteiger charge is -2.34. The fourth-order valence-electron chi connectivity index (χ4n) is 2.70. The molecule has 6 heteroatoms. The van der Waals surface area contributed by atoms with Gasteiger partial charge in [0.2, 0.25) is 0 Å². The molecule has 0 aliphatic carbocycles. The summed E-state index contributed by atoms with van der Waals surface area (Å²) in [4.78, 5) is 17.2. The van der Waals surface area contributed by atoms with E-state index >= 15 is 0 Å². The number of pyridine rings is 1. The van der Waals surface area contributed by atoms with Gasteiger partial charge >= 0.3 is 5.97 Å². The third kappa shape index (κ3) is 4.43. The highest BCUT2D eigenvalue weighted by Gasteiger charge is 2.21. The molecule has 6 nitrogen and oxygen atoms in total. The van der Waals surface area contributed by atoms with Crippen molar-refractivity contribution < 1.29 is 9.90 Å². The van der Waals surface area contributed by atoms with Gasteiger partial charge in [-0.2, -0.15) is 5.26 Å². The van der Waals surface area contributed by atoms with Gasteiger partial charge in [0.1, 0.15) is 5.82 Å². The van der Waals surface area contributed by atoms with E-state index in [1.54, 1.807) is 6.07 Å². The van der Waals surface area contributed by atoms with Crippen LogP contribution in [0.2, 0.25) is 0 Å². The molecule has 1 unspecified atom stereocenters. The molecule has 0 saturated carbocycles. The third-order valence-electron chi connectivity index (χ3n) is 3.62. The zero-order chi connectivity index (χ0) is 15.2. The van der Waals surface area contributed by atoms with Gasteiger partial charge in [-0.25, -0.2) is 4.98 Å². The standard InChI is InChI=1S/C15H20N4O2/c1-11-5-13(7-16)6-14(18-11)19-4-2-3-12(10-19)8-17-9-15(20)21/h5-6,12,17H,2-4,8-10H2,1H3,(H,20,21). The number of piperidine rings is 1. The molecule has 1 saturated heterocycles. The lowest BCUT2D eigenvalue weighted by Crippen LogP contribution is -2.41. The zero-order valence-electron chi connectivity index (χ0n) is 12.2. The van der Waals surface area contributed by atoms with Crippen LogP contribution in [-0.2, 0) is 4.79 Å². The van der Waals surface area contributed by atoms with Gasteiger partial charge in [0.05, 0.1) is 18.2 Å². The number of hydrogen-bond donors (Lipinski definition) is 2. The normalized spacial score (nSPS) is 18.3. The number of nitrogens with zero attached hydrogens (tertiary/aromatic N) is 3. The third-order valence-corrected chi connectivity index (χ3v) is 3.62. The van der Waals surface area contributed by atoms with Crippen LogP contribution < -0.4 is 10.2 Å². The van der Waals surface area contributed by atoms with E-state index in [4.69, 9.17) is 10.4 Å². The van der Waals surface area contributed by atoms with Crippen molar-refractivity contribution in [1.29, 1.82) is 5.26 Å². The quantitative estimate of drug-likeness (QED) is 0.845. The van der Waals surface area contributed by atoms with Crippen molar-refractivity contribution in [3.8, 4) is 6.07 Å². The topological polar surface area (TPSA) is 89.2 Å². The van der Waals surface area contributed by atoms with Gasteiger partial charge in [0.15, 0.2) is 0 Å². The van der Waals surface area contributed by atoms with Crippen LogP contribution in [0.5, 0.6) is 0 Å². The molecule has 1 aliphatic rings. The number of nitrogens with one attached hydrogen (secondary N) is 1.